The number of pyridine rings is 1. The Morgan fingerprint density at radius 3 is 2.62 bits per heavy atom. The molecule has 0 bridgehead atoms. The maximum Gasteiger partial charge on any atom is 0.337 e. The van der Waals surface area contributed by atoms with Crippen LogP contribution in [0.5, 0.6) is 0 Å². The number of aromatic carboxylic acids is 1. The molecule has 0 aliphatic heterocycles. The lowest BCUT2D eigenvalue weighted by Crippen LogP contribution is -2.35. The van der Waals surface area contributed by atoms with Gasteiger partial charge in [0.15, 0.2) is 0 Å². The van der Waals surface area contributed by atoms with Gasteiger partial charge >= 0.3 is 5.97 Å². The second kappa shape index (κ2) is 6.78. The quantitative estimate of drug-likeness (QED) is 0.885. The number of rotatable bonds is 6. The minimum Gasteiger partial charge on any atom is -0.478 e. The molecular formula is C18H17FN2O3. The van der Waals surface area contributed by atoms with Crippen LogP contribution >= 0.6 is 0 Å². The monoisotopic (exact) mass is 328 g/mol. The average molecular weight is 328 g/mol. The van der Waals surface area contributed by atoms with Crippen LogP contribution in [0, 0.1) is 5.82 Å². The van der Waals surface area contributed by atoms with Crippen LogP contribution in [0.3, 0.4) is 0 Å². The van der Waals surface area contributed by atoms with Crippen LogP contribution in [0.1, 0.15) is 39.1 Å². The Morgan fingerprint density at radius 2 is 1.96 bits per heavy atom. The average Bonchev–Trinajstić information content (AvgIpc) is 3.40. The number of halogens is 1. The molecule has 1 aromatic heterocycles. The van der Waals surface area contributed by atoms with E-state index in [4.69, 9.17) is 5.11 Å². The fraction of sp³-hybridized carbons (Fsp3) is 0.278. The number of nitrogens with zero attached hydrogens (tertiary/aromatic N) is 2. The smallest absolute Gasteiger partial charge is 0.337 e. The van der Waals surface area contributed by atoms with E-state index < -0.39 is 5.97 Å². The summed E-state index contributed by atoms with van der Waals surface area (Å²) in [7, 11) is 0. The van der Waals surface area contributed by atoms with E-state index in [0.717, 1.165) is 18.4 Å². The number of amides is 1. The minimum absolute atomic E-state index is 0.0123. The van der Waals surface area contributed by atoms with Crippen molar-refractivity contribution in [3.63, 3.8) is 0 Å². The first-order chi connectivity index (χ1) is 11.5. The Bertz CT molecular complexity index is 774. The van der Waals surface area contributed by atoms with Crippen LogP contribution < -0.4 is 0 Å². The number of carboxylic acid groups (broad SMARTS) is 1. The first kappa shape index (κ1) is 16.1. The third kappa shape index (κ3) is 3.76. The third-order valence-corrected chi connectivity index (χ3v) is 4.01. The lowest BCUT2D eigenvalue weighted by molar-refractivity contribution is 0.0696. The number of carbonyl (C=O) groups excluding carboxylic acids is 1. The Morgan fingerprint density at radius 1 is 1.21 bits per heavy atom. The van der Waals surface area contributed by atoms with E-state index in [2.05, 4.69) is 4.98 Å². The van der Waals surface area contributed by atoms with E-state index in [0.29, 0.717) is 13.0 Å². The van der Waals surface area contributed by atoms with Crippen molar-refractivity contribution in [3.05, 3.63) is 65.2 Å². The molecule has 5 nitrogen and oxygen atoms in total. The van der Waals surface area contributed by atoms with Crippen molar-refractivity contribution >= 4 is 11.9 Å². The molecule has 3 rings (SSSR count). The number of hydrogen-bond acceptors (Lipinski definition) is 3. The zero-order valence-electron chi connectivity index (χ0n) is 13.0. The predicted molar refractivity (Wildman–Crippen MR) is 85.4 cm³/mol. The van der Waals surface area contributed by atoms with Gasteiger partial charge in [-0.1, -0.05) is 12.1 Å². The summed E-state index contributed by atoms with van der Waals surface area (Å²) in [4.78, 5) is 29.3. The standard InChI is InChI=1S/C18H17FN2O3/c19-15-3-1-2-12(8-15)6-7-21(16-4-5-16)17(22)13-9-14(18(23)24)11-20-10-13/h1-3,8-11,16H,4-7H2,(H,23,24). The Balaban J connectivity index is 1.74. The number of carbonyl (C=O) groups is 2. The van der Waals surface area contributed by atoms with Crippen LogP contribution in [0.4, 0.5) is 4.39 Å². The molecule has 1 aliphatic rings. The summed E-state index contributed by atoms with van der Waals surface area (Å²) in [5.74, 6) is -1.64. The molecule has 1 saturated carbocycles. The lowest BCUT2D eigenvalue weighted by atomic mass is 10.1. The summed E-state index contributed by atoms with van der Waals surface area (Å²) in [6, 6.07) is 7.83. The van der Waals surface area contributed by atoms with E-state index in [1.807, 2.05) is 6.07 Å². The van der Waals surface area contributed by atoms with Gasteiger partial charge in [-0.2, -0.15) is 0 Å². The third-order valence-electron chi connectivity index (χ3n) is 4.01. The van der Waals surface area contributed by atoms with Gasteiger partial charge in [-0.15, -0.1) is 0 Å². The lowest BCUT2D eigenvalue weighted by Gasteiger charge is -2.22. The molecule has 0 atom stereocenters. The molecular weight excluding hydrogens is 311 g/mol. The highest BCUT2D eigenvalue weighted by molar-refractivity contribution is 5.97. The van der Waals surface area contributed by atoms with Crippen molar-refractivity contribution < 1.29 is 19.1 Å². The van der Waals surface area contributed by atoms with E-state index in [1.165, 1.54) is 30.6 Å². The van der Waals surface area contributed by atoms with Crippen LogP contribution in [0.15, 0.2) is 42.7 Å². The Labute approximate surface area is 138 Å². The van der Waals surface area contributed by atoms with Crippen molar-refractivity contribution in [1.29, 1.82) is 0 Å². The second-order valence-corrected chi connectivity index (χ2v) is 5.88. The number of benzene rings is 1. The van der Waals surface area contributed by atoms with Gasteiger partial charge in [0.2, 0.25) is 0 Å². The maximum absolute atomic E-state index is 13.3. The van der Waals surface area contributed by atoms with Crippen molar-refractivity contribution in [2.24, 2.45) is 0 Å². The zero-order chi connectivity index (χ0) is 17.1. The molecule has 124 valence electrons. The molecule has 1 fully saturated rings. The molecule has 0 saturated heterocycles. The largest absolute Gasteiger partial charge is 0.478 e. The molecule has 1 amide bonds. The van der Waals surface area contributed by atoms with E-state index >= 15 is 0 Å². The van der Waals surface area contributed by atoms with Gasteiger partial charge in [0, 0.05) is 25.0 Å². The molecule has 1 aromatic carbocycles. The molecule has 0 spiro atoms. The molecule has 1 N–H and O–H groups in total. The number of hydrogen-bond donors (Lipinski definition) is 1. The number of carboxylic acids is 1. The van der Waals surface area contributed by atoms with Crippen molar-refractivity contribution in [1.82, 2.24) is 9.88 Å². The fourth-order valence-corrected chi connectivity index (χ4v) is 2.62. The van der Waals surface area contributed by atoms with E-state index in [-0.39, 0.29) is 28.9 Å². The topological polar surface area (TPSA) is 70.5 Å². The summed E-state index contributed by atoms with van der Waals surface area (Å²) in [6.07, 6.45) is 5.01. The SMILES string of the molecule is O=C(O)c1cncc(C(=O)N(CCc2cccc(F)c2)C2CC2)c1. The highest BCUT2D eigenvalue weighted by atomic mass is 19.1. The van der Waals surface area contributed by atoms with Crippen LogP contribution in [0.2, 0.25) is 0 Å². The Kier molecular flexibility index (Phi) is 4.55. The number of aromatic nitrogens is 1. The summed E-state index contributed by atoms with van der Waals surface area (Å²) in [5.41, 5.74) is 1.08. The summed E-state index contributed by atoms with van der Waals surface area (Å²) < 4.78 is 13.3. The molecule has 6 heteroatoms. The van der Waals surface area contributed by atoms with Gasteiger partial charge in [-0.3, -0.25) is 9.78 Å². The van der Waals surface area contributed by atoms with Gasteiger partial charge in [-0.25, -0.2) is 9.18 Å². The molecule has 0 unspecified atom stereocenters. The van der Waals surface area contributed by atoms with Crippen molar-refractivity contribution in [2.45, 2.75) is 25.3 Å². The maximum atomic E-state index is 13.3. The highest BCUT2D eigenvalue weighted by Gasteiger charge is 2.33. The van der Waals surface area contributed by atoms with Gasteiger partial charge in [0.25, 0.3) is 5.91 Å². The molecule has 1 heterocycles. The molecule has 24 heavy (non-hydrogen) atoms. The van der Waals surface area contributed by atoms with Gasteiger partial charge in [-0.05, 0) is 43.0 Å². The predicted octanol–water partition coefficient (Wildman–Crippen LogP) is 2.77. The first-order valence-electron chi connectivity index (χ1n) is 7.78. The van der Waals surface area contributed by atoms with Crippen LogP contribution in [0.25, 0.3) is 0 Å². The normalized spacial score (nSPS) is 13.5. The van der Waals surface area contributed by atoms with Gasteiger partial charge < -0.3 is 10.0 Å². The molecule has 1 aliphatic carbocycles. The second-order valence-electron chi connectivity index (χ2n) is 5.88. The summed E-state index contributed by atoms with van der Waals surface area (Å²) in [6.45, 7) is 0.463. The molecule has 0 radical (unpaired) electrons. The van der Waals surface area contributed by atoms with E-state index in [9.17, 15) is 14.0 Å². The first-order valence-corrected chi connectivity index (χ1v) is 7.78. The van der Waals surface area contributed by atoms with Crippen LogP contribution in [-0.2, 0) is 6.42 Å². The van der Waals surface area contributed by atoms with Gasteiger partial charge in [0.1, 0.15) is 5.82 Å². The van der Waals surface area contributed by atoms with Crippen molar-refractivity contribution in [3.8, 4) is 0 Å². The minimum atomic E-state index is -1.12. The van der Waals surface area contributed by atoms with Gasteiger partial charge in [0.05, 0.1) is 11.1 Å². The zero-order valence-corrected chi connectivity index (χ0v) is 13.0. The van der Waals surface area contributed by atoms with E-state index in [1.54, 1.807) is 11.0 Å². The summed E-state index contributed by atoms with van der Waals surface area (Å²) >= 11 is 0. The Hall–Kier alpha value is -2.76. The highest BCUT2D eigenvalue weighted by Crippen LogP contribution is 2.28. The summed E-state index contributed by atoms with van der Waals surface area (Å²) in [5, 5.41) is 9.03. The van der Waals surface area contributed by atoms with Crippen molar-refractivity contribution in [2.75, 3.05) is 6.54 Å². The fourth-order valence-electron chi connectivity index (χ4n) is 2.62. The molecule has 2 aromatic rings. The van der Waals surface area contributed by atoms with Crippen LogP contribution in [-0.4, -0.2) is 39.5 Å².